The van der Waals surface area contributed by atoms with Gasteiger partial charge in [0, 0.05) is 11.9 Å². The van der Waals surface area contributed by atoms with Gasteiger partial charge in [0.1, 0.15) is 0 Å². The summed E-state index contributed by atoms with van der Waals surface area (Å²) in [6, 6.07) is 4.85. The van der Waals surface area contributed by atoms with Gasteiger partial charge in [-0.3, -0.25) is 9.36 Å². The van der Waals surface area contributed by atoms with Gasteiger partial charge in [0.2, 0.25) is 0 Å². The summed E-state index contributed by atoms with van der Waals surface area (Å²) >= 11 is 0. The van der Waals surface area contributed by atoms with Crippen molar-refractivity contribution in [3.8, 4) is 0 Å². The fraction of sp³-hybridized carbons (Fsp3) is 0.571. The average Bonchev–Trinajstić information content (AvgIpc) is 3.02. The minimum atomic E-state index is 0.624. The Bertz CT molecular complexity index is 532. The number of rotatable bonds is 3. The maximum absolute atomic E-state index is 4.69. The van der Waals surface area contributed by atoms with Crippen molar-refractivity contribution in [2.45, 2.75) is 52.1 Å². The standard InChI is InChI=1S/C14H20N4/c1-11-9-12(2)18(15-11)10-13-7-8-17(16-13)14-5-3-4-6-14/h7-9,14H,3-6,10H2,1-2H3. The summed E-state index contributed by atoms with van der Waals surface area (Å²) in [5.41, 5.74) is 3.37. The molecule has 3 rings (SSSR count). The molecule has 2 aromatic heterocycles. The first-order chi connectivity index (χ1) is 8.72. The second kappa shape index (κ2) is 4.59. The topological polar surface area (TPSA) is 35.6 Å². The first-order valence-corrected chi connectivity index (χ1v) is 6.77. The van der Waals surface area contributed by atoms with Gasteiger partial charge in [-0.2, -0.15) is 10.2 Å². The molecule has 96 valence electrons. The van der Waals surface area contributed by atoms with Crippen molar-refractivity contribution in [2.24, 2.45) is 0 Å². The van der Waals surface area contributed by atoms with Crippen molar-refractivity contribution in [1.82, 2.24) is 19.6 Å². The third kappa shape index (κ3) is 2.19. The molecule has 0 aromatic carbocycles. The summed E-state index contributed by atoms with van der Waals surface area (Å²) in [6.45, 7) is 4.90. The number of aromatic nitrogens is 4. The normalized spacial score (nSPS) is 16.6. The molecule has 0 atom stereocenters. The largest absolute Gasteiger partial charge is 0.269 e. The van der Waals surface area contributed by atoms with Crippen LogP contribution >= 0.6 is 0 Å². The van der Waals surface area contributed by atoms with Crippen LogP contribution in [0.4, 0.5) is 0 Å². The predicted molar refractivity (Wildman–Crippen MR) is 70.5 cm³/mol. The van der Waals surface area contributed by atoms with Gasteiger partial charge in [-0.05, 0) is 38.8 Å². The molecule has 4 heteroatoms. The van der Waals surface area contributed by atoms with Crippen LogP contribution in [-0.4, -0.2) is 19.6 Å². The maximum atomic E-state index is 4.69. The van der Waals surface area contributed by atoms with Crippen LogP contribution in [0.15, 0.2) is 18.3 Å². The quantitative estimate of drug-likeness (QED) is 0.832. The van der Waals surface area contributed by atoms with Gasteiger partial charge < -0.3 is 0 Å². The summed E-state index contributed by atoms with van der Waals surface area (Å²) in [4.78, 5) is 0. The Morgan fingerprint density at radius 3 is 2.67 bits per heavy atom. The van der Waals surface area contributed by atoms with Gasteiger partial charge in [-0.15, -0.1) is 0 Å². The van der Waals surface area contributed by atoms with E-state index in [4.69, 9.17) is 5.10 Å². The molecule has 1 fully saturated rings. The average molecular weight is 244 g/mol. The first-order valence-electron chi connectivity index (χ1n) is 6.77. The van der Waals surface area contributed by atoms with Crippen LogP contribution in [-0.2, 0) is 6.54 Å². The van der Waals surface area contributed by atoms with Crippen molar-refractivity contribution < 1.29 is 0 Å². The molecule has 0 amide bonds. The van der Waals surface area contributed by atoms with Gasteiger partial charge in [-0.1, -0.05) is 12.8 Å². The Hall–Kier alpha value is -1.58. The monoisotopic (exact) mass is 244 g/mol. The summed E-state index contributed by atoms with van der Waals surface area (Å²) in [6.07, 6.45) is 7.37. The molecule has 0 radical (unpaired) electrons. The Labute approximate surface area is 108 Å². The lowest BCUT2D eigenvalue weighted by Gasteiger charge is -2.09. The van der Waals surface area contributed by atoms with Gasteiger partial charge >= 0.3 is 0 Å². The molecule has 0 saturated heterocycles. The van der Waals surface area contributed by atoms with Gasteiger partial charge in [0.05, 0.1) is 24.0 Å². The predicted octanol–water partition coefficient (Wildman–Crippen LogP) is 2.86. The Balaban J connectivity index is 1.75. The zero-order valence-corrected chi connectivity index (χ0v) is 11.1. The van der Waals surface area contributed by atoms with E-state index in [1.165, 1.54) is 31.4 Å². The van der Waals surface area contributed by atoms with E-state index in [1.54, 1.807) is 0 Å². The van der Waals surface area contributed by atoms with E-state index in [9.17, 15) is 0 Å². The fourth-order valence-corrected chi connectivity index (χ4v) is 2.82. The minimum Gasteiger partial charge on any atom is -0.269 e. The van der Waals surface area contributed by atoms with Crippen molar-refractivity contribution in [3.05, 3.63) is 35.4 Å². The number of hydrogen-bond acceptors (Lipinski definition) is 2. The third-order valence-electron chi connectivity index (χ3n) is 3.78. The van der Waals surface area contributed by atoms with Crippen molar-refractivity contribution in [2.75, 3.05) is 0 Å². The molecule has 4 nitrogen and oxygen atoms in total. The Morgan fingerprint density at radius 1 is 1.22 bits per heavy atom. The molecule has 0 spiro atoms. The lowest BCUT2D eigenvalue weighted by atomic mass is 10.3. The number of hydrogen-bond donors (Lipinski definition) is 0. The number of aryl methyl sites for hydroxylation is 2. The molecule has 1 saturated carbocycles. The van der Waals surface area contributed by atoms with Crippen LogP contribution in [0.5, 0.6) is 0 Å². The second-order valence-corrected chi connectivity index (χ2v) is 5.31. The van der Waals surface area contributed by atoms with Crippen LogP contribution in [0.2, 0.25) is 0 Å². The highest BCUT2D eigenvalue weighted by atomic mass is 15.3. The van der Waals surface area contributed by atoms with Crippen LogP contribution in [0.25, 0.3) is 0 Å². The molecule has 0 unspecified atom stereocenters. The maximum Gasteiger partial charge on any atom is 0.0852 e. The van der Waals surface area contributed by atoms with Crippen LogP contribution in [0.1, 0.15) is 48.8 Å². The van der Waals surface area contributed by atoms with E-state index in [1.807, 2.05) is 11.6 Å². The highest BCUT2D eigenvalue weighted by Gasteiger charge is 2.17. The zero-order valence-electron chi connectivity index (χ0n) is 11.1. The lowest BCUT2D eigenvalue weighted by Crippen LogP contribution is -2.08. The van der Waals surface area contributed by atoms with Gasteiger partial charge in [0.15, 0.2) is 0 Å². The SMILES string of the molecule is Cc1cc(C)n(Cc2ccn(C3CCCC3)n2)n1. The third-order valence-corrected chi connectivity index (χ3v) is 3.78. The van der Waals surface area contributed by atoms with E-state index < -0.39 is 0 Å². The lowest BCUT2D eigenvalue weighted by molar-refractivity contribution is 0.460. The molecule has 0 bridgehead atoms. The van der Waals surface area contributed by atoms with Crippen molar-refractivity contribution in [3.63, 3.8) is 0 Å². The van der Waals surface area contributed by atoms with E-state index in [0.717, 1.165) is 17.9 Å². The first kappa shape index (κ1) is 11.5. The molecule has 0 aliphatic heterocycles. The van der Waals surface area contributed by atoms with Crippen LogP contribution in [0.3, 0.4) is 0 Å². The van der Waals surface area contributed by atoms with Crippen LogP contribution in [0, 0.1) is 13.8 Å². The highest BCUT2D eigenvalue weighted by molar-refractivity contribution is 5.09. The van der Waals surface area contributed by atoms with Gasteiger partial charge in [0.25, 0.3) is 0 Å². The summed E-state index contributed by atoms with van der Waals surface area (Å²) in [5.74, 6) is 0. The van der Waals surface area contributed by atoms with Crippen molar-refractivity contribution >= 4 is 0 Å². The van der Waals surface area contributed by atoms with Crippen molar-refractivity contribution in [1.29, 1.82) is 0 Å². The molecule has 2 heterocycles. The molecule has 18 heavy (non-hydrogen) atoms. The second-order valence-electron chi connectivity index (χ2n) is 5.31. The minimum absolute atomic E-state index is 0.624. The molecule has 2 aromatic rings. The number of nitrogens with zero attached hydrogens (tertiary/aromatic N) is 4. The van der Waals surface area contributed by atoms with E-state index in [2.05, 4.69) is 35.0 Å². The van der Waals surface area contributed by atoms with E-state index >= 15 is 0 Å². The van der Waals surface area contributed by atoms with E-state index in [0.29, 0.717) is 6.04 Å². The summed E-state index contributed by atoms with van der Waals surface area (Å²) in [5, 5.41) is 9.17. The molecule has 0 N–H and O–H groups in total. The smallest absolute Gasteiger partial charge is 0.0852 e. The fourth-order valence-electron chi connectivity index (χ4n) is 2.82. The molecule has 1 aliphatic carbocycles. The van der Waals surface area contributed by atoms with Gasteiger partial charge in [-0.25, -0.2) is 0 Å². The zero-order chi connectivity index (χ0) is 12.5. The van der Waals surface area contributed by atoms with E-state index in [-0.39, 0.29) is 0 Å². The Kier molecular flexibility index (Phi) is 2.94. The molecular formula is C14H20N4. The summed E-state index contributed by atoms with van der Waals surface area (Å²) in [7, 11) is 0. The Morgan fingerprint density at radius 2 is 2.00 bits per heavy atom. The molecular weight excluding hydrogens is 224 g/mol. The molecule has 1 aliphatic rings. The summed E-state index contributed by atoms with van der Waals surface area (Å²) < 4.78 is 4.17. The highest BCUT2D eigenvalue weighted by Crippen LogP contribution is 2.28. The van der Waals surface area contributed by atoms with Crippen LogP contribution < -0.4 is 0 Å².